The van der Waals surface area contributed by atoms with Crippen molar-refractivity contribution in [3.63, 3.8) is 0 Å². The van der Waals surface area contributed by atoms with Crippen LogP contribution in [0.15, 0.2) is 83.7 Å². The first-order chi connectivity index (χ1) is 17.5. The molecule has 4 aromatic rings. The van der Waals surface area contributed by atoms with Gasteiger partial charge < -0.3 is 14.4 Å². The van der Waals surface area contributed by atoms with Crippen molar-refractivity contribution in [2.24, 2.45) is 0 Å². The highest BCUT2D eigenvalue weighted by atomic mass is 16.5. The van der Waals surface area contributed by atoms with Crippen molar-refractivity contribution in [2.45, 2.75) is 26.3 Å². The number of hydrogen-bond donors (Lipinski definition) is 0. The van der Waals surface area contributed by atoms with Crippen LogP contribution in [-0.4, -0.2) is 47.2 Å². The van der Waals surface area contributed by atoms with Gasteiger partial charge in [0.15, 0.2) is 6.61 Å². The van der Waals surface area contributed by atoms with Gasteiger partial charge in [-0.15, -0.1) is 0 Å². The van der Waals surface area contributed by atoms with E-state index in [0.29, 0.717) is 47.7 Å². The number of carbonyl (C=O) groups excluding carboxylic acids is 1. The normalized spacial score (nSPS) is 11.9. The Morgan fingerprint density at radius 2 is 1.69 bits per heavy atom. The molecule has 0 spiro atoms. The number of rotatable bonds is 10. The number of hydrogen-bond acceptors (Lipinski definition) is 5. The minimum absolute atomic E-state index is 0.121. The smallest absolute Gasteiger partial charge is 0.266 e. The summed E-state index contributed by atoms with van der Waals surface area (Å²) in [6, 6.07) is 23.7. The van der Waals surface area contributed by atoms with Crippen LogP contribution in [0, 0.1) is 6.92 Å². The third-order valence-electron chi connectivity index (χ3n) is 6.11. The third kappa shape index (κ3) is 5.63. The van der Waals surface area contributed by atoms with E-state index in [4.69, 9.17) is 14.5 Å². The van der Waals surface area contributed by atoms with E-state index in [1.54, 1.807) is 22.6 Å². The van der Waals surface area contributed by atoms with Crippen LogP contribution in [0.2, 0.25) is 0 Å². The average molecular weight is 486 g/mol. The van der Waals surface area contributed by atoms with Gasteiger partial charge in [0.05, 0.1) is 22.6 Å². The molecule has 0 aliphatic carbocycles. The summed E-state index contributed by atoms with van der Waals surface area (Å²) in [5, 5.41) is 0.527. The van der Waals surface area contributed by atoms with Crippen LogP contribution < -0.4 is 10.3 Å². The fourth-order valence-corrected chi connectivity index (χ4v) is 4.17. The molecule has 4 rings (SSSR count). The van der Waals surface area contributed by atoms with E-state index < -0.39 is 6.04 Å². The second kappa shape index (κ2) is 11.6. The number of methoxy groups -OCH3 is 1. The van der Waals surface area contributed by atoms with Gasteiger partial charge in [0.25, 0.3) is 11.5 Å². The first-order valence-electron chi connectivity index (χ1n) is 12.0. The average Bonchev–Trinajstić information content (AvgIpc) is 2.91. The molecule has 1 unspecified atom stereocenters. The van der Waals surface area contributed by atoms with Crippen molar-refractivity contribution in [2.75, 3.05) is 26.9 Å². The number of ether oxygens (including phenoxy) is 2. The van der Waals surface area contributed by atoms with E-state index in [1.807, 2.05) is 86.6 Å². The molecule has 1 heterocycles. The maximum atomic E-state index is 13.7. The fourth-order valence-electron chi connectivity index (χ4n) is 4.17. The number of para-hydroxylation sites is 2. The molecule has 0 saturated heterocycles. The summed E-state index contributed by atoms with van der Waals surface area (Å²) in [5.74, 6) is 0.920. The maximum absolute atomic E-state index is 13.7. The molecule has 0 aliphatic heterocycles. The molecule has 0 N–H and O–H groups in total. The van der Waals surface area contributed by atoms with Crippen molar-refractivity contribution in [3.8, 4) is 11.4 Å². The Morgan fingerprint density at radius 3 is 2.42 bits per heavy atom. The monoisotopic (exact) mass is 485 g/mol. The van der Waals surface area contributed by atoms with Crippen LogP contribution in [0.5, 0.6) is 5.75 Å². The van der Waals surface area contributed by atoms with Gasteiger partial charge >= 0.3 is 0 Å². The molecule has 0 fully saturated rings. The second-order valence-electron chi connectivity index (χ2n) is 8.67. The lowest BCUT2D eigenvalue weighted by molar-refractivity contribution is -0.136. The zero-order chi connectivity index (χ0) is 25.5. The molecular formula is C29H31N3O4. The van der Waals surface area contributed by atoms with Crippen molar-refractivity contribution in [1.82, 2.24) is 14.5 Å². The van der Waals surface area contributed by atoms with Gasteiger partial charge in [-0.3, -0.25) is 14.2 Å². The predicted molar refractivity (Wildman–Crippen MR) is 141 cm³/mol. The first kappa shape index (κ1) is 25.1. The minimum Gasteiger partial charge on any atom is -0.484 e. The van der Waals surface area contributed by atoms with Crippen LogP contribution in [0.25, 0.3) is 16.6 Å². The molecule has 0 radical (unpaired) electrons. The summed E-state index contributed by atoms with van der Waals surface area (Å²) in [6.07, 6.45) is 0.639. The maximum Gasteiger partial charge on any atom is 0.266 e. The fraction of sp³-hybridized carbons (Fsp3) is 0.276. The third-order valence-corrected chi connectivity index (χ3v) is 6.11. The lowest BCUT2D eigenvalue weighted by atomic mass is 10.1. The number of aromatic nitrogens is 2. The number of nitrogens with zero attached hydrogens (tertiary/aromatic N) is 3. The van der Waals surface area contributed by atoms with Crippen LogP contribution in [0.4, 0.5) is 0 Å². The van der Waals surface area contributed by atoms with Gasteiger partial charge in [0.1, 0.15) is 11.6 Å². The van der Waals surface area contributed by atoms with E-state index in [0.717, 1.165) is 5.56 Å². The lowest BCUT2D eigenvalue weighted by Gasteiger charge is -2.30. The summed E-state index contributed by atoms with van der Waals surface area (Å²) in [4.78, 5) is 33.7. The summed E-state index contributed by atoms with van der Waals surface area (Å²) < 4.78 is 12.6. The van der Waals surface area contributed by atoms with Crippen molar-refractivity contribution in [1.29, 1.82) is 0 Å². The Hall–Kier alpha value is -3.97. The Kier molecular flexibility index (Phi) is 8.13. The zero-order valence-corrected chi connectivity index (χ0v) is 20.9. The molecular weight excluding hydrogens is 454 g/mol. The zero-order valence-electron chi connectivity index (χ0n) is 20.9. The number of aryl methyl sites for hydroxylation is 1. The van der Waals surface area contributed by atoms with Crippen LogP contribution >= 0.6 is 0 Å². The number of fused-ring (bicyclic) bond motifs is 1. The summed E-state index contributed by atoms with van der Waals surface area (Å²) >= 11 is 0. The van der Waals surface area contributed by atoms with Gasteiger partial charge in [0, 0.05) is 20.3 Å². The summed E-state index contributed by atoms with van der Waals surface area (Å²) in [7, 11) is 1.63. The van der Waals surface area contributed by atoms with Crippen LogP contribution in [0.3, 0.4) is 0 Å². The van der Waals surface area contributed by atoms with Crippen LogP contribution in [0.1, 0.15) is 30.8 Å². The van der Waals surface area contributed by atoms with E-state index in [1.165, 1.54) is 0 Å². The Morgan fingerprint density at radius 1 is 1.00 bits per heavy atom. The van der Waals surface area contributed by atoms with E-state index in [-0.39, 0.29) is 18.1 Å². The standard InChI is InChI=1S/C29H31N3O4/c1-21-14-16-23(17-15-21)32-28(30-26-13-8-7-12-25(26)29(32)34)22(2)31(18-9-19-35-3)27(33)20-36-24-10-5-4-6-11-24/h4-8,10-17,22H,9,18-20H2,1-3H3. The summed E-state index contributed by atoms with van der Waals surface area (Å²) in [5.41, 5.74) is 2.22. The second-order valence-corrected chi connectivity index (χ2v) is 8.67. The molecule has 1 aromatic heterocycles. The molecule has 0 saturated carbocycles. The lowest BCUT2D eigenvalue weighted by Crippen LogP contribution is -2.40. The summed E-state index contributed by atoms with van der Waals surface area (Å²) in [6.45, 7) is 4.71. The molecule has 1 amide bonds. The highest BCUT2D eigenvalue weighted by Crippen LogP contribution is 2.24. The van der Waals surface area contributed by atoms with Gasteiger partial charge in [0.2, 0.25) is 0 Å². The molecule has 3 aromatic carbocycles. The Bertz CT molecular complexity index is 1370. The van der Waals surface area contributed by atoms with Gasteiger partial charge in [-0.1, -0.05) is 48.0 Å². The number of carbonyl (C=O) groups is 1. The Labute approximate surface area is 210 Å². The van der Waals surface area contributed by atoms with E-state index >= 15 is 0 Å². The van der Waals surface area contributed by atoms with Gasteiger partial charge in [-0.05, 0) is 56.7 Å². The highest BCUT2D eigenvalue weighted by molar-refractivity contribution is 5.79. The van der Waals surface area contributed by atoms with Crippen molar-refractivity contribution >= 4 is 16.8 Å². The number of amides is 1. The molecule has 186 valence electrons. The highest BCUT2D eigenvalue weighted by Gasteiger charge is 2.27. The topological polar surface area (TPSA) is 73.7 Å². The van der Waals surface area contributed by atoms with Crippen LogP contribution in [-0.2, 0) is 9.53 Å². The molecule has 0 aliphatic rings. The van der Waals surface area contributed by atoms with E-state index in [9.17, 15) is 9.59 Å². The minimum atomic E-state index is -0.493. The van der Waals surface area contributed by atoms with Gasteiger partial charge in [-0.2, -0.15) is 0 Å². The van der Waals surface area contributed by atoms with Crippen molar-refractivity contribution in [3.05, 3.63) is 101 Å². The molecule has 0 bridgehead atoms. The molecule has 7 heteroatoms. The quantitative estimate of drug-likeness (QED) is 0.305. The first-order valence-corrected chi connectivity index (χ1v) is 12.0. The van der Waals surface area contributed by atoms with E-state index in [2.05, 4.69) is 0 Å². The molecule has 1 atom stereocenters. The SMILES string of the molecule is COCCCN(C(=O)COc1ccccc1)C(C)c1nc2ccccc2c(=O)n1-c1ccc(C)cc1. The van der Waals surface area contributed by atoms with Gasteiger partial charge in [-0.25, -0.2) is 4.98 Å². The molecule has 36 heavy (non-hydrogen) atoms. The Balaban J connectivity index is 1.75. The van der Waals surface area contributed by atoms with Crippen molar-refractivity contribution < 1.29 is 14.3 Å². The number of benzene rings is 3. The molecule has 7 nitrogen and oxygen atoms in total. The predicted octanol–water partition coefficient (Wildman–Crippen LogP) is 4.70. The largest absolute Gasteiger partial charge is 0.484 e.